The molecule has 0 radical (unpaired) electrons. The SMILES string of the molecule is CC.CC.Cc1c2[nH]c(c1C)C=c1[nH]c(c(C)c1C)=Cc1[nH]c(c(C)c1C)C=c1[nH]c(c(C)c1C)=C2. The highest BCUT2D eigenvalue weighted by molar-refractivity contribution is 5.64. The molecule has 0 fully saturated rings. The van der Waals surface area contributed by atoms with Crippen LogP contribution in [0.2, 0.25) is 0 Å². The summed E-state index contributed by atoms with van der Waals surface area (Å²) in [4.78, 5) is 14.7. The monoisotopic (exact) mass is 484 g/mol. The van der Waals surface area contributed by atoms with Crippen LogP contribution >= 0.6 is 0 Å². The van der Waals surface area contributed by atoms with E-state index in [0.717, 1.165) is 44.2 Å². The third-order valence-corrected chi connectivity index (χ3v) is 7.71. The van der Waals surface area contributed by atoms with Gasteiger partial charge in [0.15, 0.2) is 0 Å². The van der Waals surface area contributed by atoms with E-state index < -0.39 is 0 Å². The first-order valence-corrected chi connectivity index (χ1v) is 13.3. The maximum atomic E-state index is 3.66. The van der Waals surface area contributed by atoms with Crippen molar-refractivity contribution in [1.82, 2.24) is 19.9 Å². The minimum absolute atomic E-state index is 1.15. The minimum atomic E-state index is 1.15. The van der Waals surface area contributed by atoms with E-state index >= 15 is 0 Å². The van der Waals surface area contributed by atoms with Crippen LogP contribution in [0.4, 0.5) is 0 Å². The number of fused-ring (bicyclic) bond motifs is 8. The Balaban J connectivity index is 0.000000861. The summed E-state index contributed by atoms with van der Waals surface area (Å²) in [5.41, 5.74) is 14.9. The summed E-state index contributed by atoms with van der Waals surface area (Å²) in [5.74, 6) is 0. The van der Waals surface area contributed by atoms with Gasteiger partial charge in [-0.1, -0.05) is 27.7 Å². The van der Waals surface area contributed by atoms with E-state index in [0.29, 0.717) is 0 Å². The number of nitrogens with one attached hydrogen (secondary N) is 4. The highest BCUT2D eigenvalue weighted by Crippen LogP contribution is 2.20. The summed E-state index contributed by atoms with van der Waals surface area (Å²) in [6.45, 7) is 25.6. The number of rotatable bonds is 0. The number of hydrogen-bond donors (Lipinski definition) is 4. The maximum absolute atomic E-state index is 3.66. The van der Waals surface area contributed by atoms with Crippen molar-refractivity contribution < 1.29 is 0 Å². The Labute approximate surface area is 216 Å². The zero-order valence-corrected chi connectivity index (χ0v) is 24.3. The van der Waals surface area contributed by atoms with E-state index in [4.69, 9.17) is 0 Å². The quantitative estimate of drug-likeness (QED) is 0.235. The second-order valence-electron chi connectivity index (χ2n) is 9.39. The molecule has 4 aromatic rings. The number of hydrogen-bond acceptors (Lipinski definition) is 0. The van der Waals surface area contributed by atoms with Gasteiger partial charge in [-0.25, -0.2) is 0 Å². The number of H-pyrrole nitrogens is 4. The van der Waals surface area contributed by atoms with Crippen molar-refractivity contribution >= 4 is 24.3 Å². The van der Waals surface area contributed by atoms with Gasteiger partial charge in [0.25, 0.3) is 0 Å². The lowest BCUT2D eigenvalue weighted by Crippen LogP contribution is -2.12. The first kappa shape index (κ1) is 27.2. The smallest absolute Gasteiger partial charge is 0.0438 e. The minimum Gasteiger partial charge on any atom is -0.355 e. The van der Waals surface area contributed by atoms with Crippen molar-refractivity contribution in [2.75, 3.05) is 0 Å². The standard InChI is InChI=1S/C28H32N4.2C2H6/c1-13-14(2)22-10-24-17(5)18(6)26(31-24)12-28-20(8)19(7)27(32-28)11-25-16(4)15(3)23(30-25)9-21(13)29-22;2*1-2/h9-12,29-32H,1-8H3;2*1-2H3. The average molecular weight is 485 g/mol. The Morgan fingerprint density at radius 1 is 0.306 bits per heavy atom. The molecule has 1 aliphatic rings. The van der Waals surface area contributed by atoms with Crippen LogP contribution in [0.15, 0.2) is 0 Å². The molecule has 36 heavy (non-hydrogen) atoms. The first-order valence-electron chi connectivity index (χ1n) is 13.3. The van der Waals surface area contributed by atoms with Gasteiger partial charge in [-0.15, -0.1) is 0 Å². The molecule has 4 heteroatoms. The fourth-order valence-electron chi connectivity index (χ4n) is 4.68. The van der Waals surface area contributed by atoms with Crippen LogP contribution in [-0.2, 0) is 0 Å². The van der Waals surface area contributed by atoms with Crippen molar-refractivity contribution in [3.63, 3.8) is 0 Å². The highest BCUT2D eigenvalue weighted by atomic mass is 14.8. The topological polar surface area (TPSA) is 63.2 Å². The fraction of sp³-hybridized carbons (Fsp3) is 0.375. The lowest BCUT2D eigenvalue weighted by molar-refractivity contribution is 1.21. The molecule has 0 saturated carbocycles. The van der Waals surface area contributed by atoms with Crippen molar-refractivity contribution in [2.45, 2.75) is 83.1 Å². The van der Waals surface area contributed by atoms with Crippen molar-refractivity contribution in [3.05, 3.63) is 88.7 Å². The molecule has 4 aromatic heterocycles. The molecule has 8 bridgehead atoms. The normalized spacial score (nSPS) is 11.7. The van der Waals surface area contributed by atoms with Gasteiger partial charge in [-0.3, -0.25) is 0 Å². The maximum Gasteiger partial charge on any atom is 0.0438 e. The Morgan fingerprint density at radius 2 is 0.500 bits per heavy atom. The largest absolute Gasteiger partial charge is 0.355 e. The van der Waals surface area contributed by atoms with Gasteiger partial charge in [0.05, 0.1) is 0 Å². The van der Waals surface area contributed by atoms with Crippen LogP contribution in [0.3, 0.4) is 0 Å². The van der Waals surface area contributed by atoms with Gasteiger partial charge >= 0.3 is 0 Å². The van der Waals surface area contributed by atoms with Crippen LogP contribution in [0, 0.1) is 55.4 Å². The van der Waals surface area contributed by atoms with Gasteiger partial charge in [-0.05, 0) is 124 Å². The molecule has 5 heterocycles. The third kappa shape index (κ3) is 4.57. The molecule has 0 spiro atoms. The van der Waals surface area contributed by atoms with Gasteiger partial charge < -0.3 is 19.9 Å². The molecule has 4 nitrogen and oxygen atoms in total. The van der Waals surface area contributed by atoms with Crippen LogP contribution < -0.4 is 21.4 Å². The van der Waals surface area contributed by atoms with Crippen LogP contribution in [0.25, 0.3) is 24.3 Å². The Bertz CT molecular complexity index is 1400. The lowest BCUT2D eigenvalue weighted by Gasteiger charge is -1.93. The fourth-order valence-corrected chi connectivity index (χ4v) is 4.68. The van der Waals surface area contributed by atoms with E-state index in [-0.39, 0.29) is 0 Å². The van der Waals surface area contributed by atoms with Crippen molar-refractivity contribution in [1.29, 1.82) is 0 Å². The lowest BCUT2D eigenvalue weighted by atomic mass is 10.1. The van der Waals surface area contributed by atoms with Crippen molar-refractivity contribution in [3.8, 4) is 0 Å². The summed E-state index contributed by atoms with van der Waals surface area (Å²) in [5, 5.41) is 4.61. The van der Waals surface area contributed by atoms with Crippen LogP contribution in [-0.4, -0.2) is 19.9 Å². The molecule has 0 aromatic carbocycles. The van der Waals surface area contributed by atoms with E-state index in [1.165, 1.54) is 44.5 Å². The van der Waals surface area contributed by atoms with Gasteiger partial charge in [0, 0.05) is 44.2 Å². The average Bonchev–Trinajstić information content (AvgIpc) is 3.50. The number of aromatic nitrogens is 4. The predicted octanol–water partition coefficient (Wildman–Crippen LogP) is 5.15. The zero-order chi connectivity index (χ0) is 26.9. The van der Waals surface area contributed by atoms with Gasteiger partial charge in [-0.2, -0.15) is 0 Å². The molecule has 4 N–H and O–H groups in total. The molecule has 5 rings (SSSR count). The third-order valence-electron chi connectivity index (χ3n) is 7.71. The molecule has 0 aliphatic carbocycles. The zero-order valence-electron chi connectivity index (χ0n) is 24.3. The molecule has 0 unspecified atom stereocenters. The second-order valence-corrected chi connectivity index (χ2v) is 9.39. The van der Waals surface area contributed by atoms with Crippen LogP contribution in [0.1, 0.15) is 95.0 Å². The molecular weight excluding hydrogens is 440 g/mol. The predicted molar refractivity (Wildman–Crippen MR) is 157 cm³/mol. The van der Waals surface area contributed by atoms with E-state index in [1.54, 1.807) is 0 Å². The summed E-state index contributed by atoms with van der Waals surface area (Å²) in [6, 6.07) is 0. The van der Waals surface area contributed by atoms with Gasteiger partial charge in [0.2, 0.25) is 0 Å². The Hall–Kier alpha value is -3.40. The first-order chi connectivity index (χ1) is 17.2. The summed E-state index contributed by atoms with van der Waals surface area (Å²) in [7, 11) is 0. The molecular formula is C32H44N4. The Morgan fingerprint density at radius 3 is 0.694 bits per heavy atom. The van der Waals surface area contributed by atoms with E-state index in [9.17, 15) is 0 Å². The Kier molecular flexibility index (Phi) is 8.08. The summed E-state index contributed by atoms with van der Waals surface area (Å²) >= 11 is 0. The summed E-state index contributed by atoms with van der Waals surface area (Å²) in [6.07, 6.45) is 8.98. The molecule has 0 saturated heterocycles. The molecule has 192 valence electrons. The molecule has 0 atom stereocenters. The molecule has 0 amide bonds. The second kappa shape index (κ2) is 10.7. The number of aromatic amines is 4. The van der Waals surface area contributed by atoms with E-state index in [1.807, 2.05) is 27.7 Å². The van der Waals surface area contributed by atoms with Crippen molar-refractivity contribution in [2.24, 2.45) is 0 Å². The van der Waals surface area contributed by atoms with Crippen LogP contribution in [0.5, 0.6) is 0 Å². The highest BCUT2D eigenvalue weighted by Gasteiger charge is 2.12. The summed E-state index contributed by atoms with van der Waals surface area (Å²) < 4.78 is 0. The molecule has 1 aliphatic heterocycles. The van der Waals surface area contributed by atoms with E-state index in [2.05, 4.69) is 99.6 Å². The van der Waals surface area contributed by atoms with Gasteiger partial charge in [0.1, 0.15) is 0 Å².